The molecular weight excluding hydrogens is 387 g/mol. The van der Waals surface area contributed by atoms with Gasteiger partial charge in [-0.05, 0) is 68.2 Å². The van der Waals surface area contributed by atoms with Crippen molar-refractivity contribution < 1.29 is 18.0 Å². The van der Waals surface area contributed by atoms with Crippen molar-refractivity contribution in [1.29, 1.82) is 0 Å². The lowest BCUT2D eigenvalue weighted by atomic mass is 9.84. The minimum atomic E-state index is -4.39. The zero-order chi connectivity index (χ0) is 19.7. The average Bonchev–Trinajstić information content (AvgIpc) is 2.69. The summed E-state index contributed by atoms with van der Waals surface area (Å²) >= 11 is 1.13. The molecule has 1 aromatic heterocycles. The molecule has 1 N–H and O–H groups in total. The second kappa shape index (κ2) is 7.75. The van der Waals surface area contributed by atoms with Gasteiger partial charge in [0, 0.05) is 29.2 Å². The second-order valence-electron chi connectivity index (χ2n) is 7.22. The molecule has 5 rings (SSSR count). The molecule has 3 aliphatic rings. The van der Waals surface area contributed by atoms with Crippen molar-refractivity contribution >= 4 is 17.7 Å². The number of halogens is 3. The van der Waals surface area contributed by atoms with Crippen molar-refractivity contribution in [3.05, 3.63) is 53.7 Å². The molecule has 4 nitrogen and oxygen atoms in total. The highest BCUT2D eigenvalue weighted by Crippen LogP contribution is 2.33. The van der Waals surface area contributed by atoms with Gasteiger partial charge in [-0.25, -0.2) is 4.98 Å². The van der Waals surface area contributed by atoms with Gasteiger partial charge in [-0.15, -0.1) is 0 Å². The first kappa shape index (κ1) is 19.3. The molecule has 1 atom stereocenters. The Hall–Kier alpha value is -2.06. The molecule has 4 heterocycles. The molecule has 28 heavy (non-hydrogen) atoms. The summed E-state index contributed by atoms with van der Waals surface area (Å²) in [6, 6.07) is 9.04. The summed E-state index contributed by atoms with van der Waals surface area (Å²) in [5, 5.41) is 3.40. The molecule has 1 aromatic carbocycles. The van der Waals surface area contributed by atoms with Gasteiger partial charge in [-0.2, -0.15) is 13.2 Å². The van der Waals surface area contributed by atoms with Crippen LogP contribution in [0.25, 0.3) is 0 Å². The fourth-order valence-corrected chi connectivity index (χ4v) is 4.63. The Kier molecular flexibility index (Phi) is 5.33. The van der Waals surface area contributed by atoms with E-state index in [1.165, 1.54) is 0 Å². The van der Waals surface area contributed by atoms with E-state index in [2.05, 4.69) is 15.2 Å². The highest BCUT2D eigenvalue weighted by Gasteiger charge is 2.35. The first-order valence-corrected chi connectivity index (χ1v) is 10.0. The van der Waals surface area contributed by atoms with Crippen LogP contribution in [0.15, 0.2) is 52.5 Å². The van der Waals surface area contributed by atoms with Gasteiger partial charge in [0.05, 0.1) is 5.56 Å². The molecule has 148 valence electrons. The van der Waals surface area contributed by atoms with Crippen molar-refractivity contribution in [3.63, 3.8) is 0 Å². The number of rotatable bonds is 4. The number of pyridine rings is 1. The number of alkyl halides is 3. The van der Waals surface area contributed by atoms with Crippen LogP contribution in [-0.2, 0) is 6.18 Å². The van der Waals surface area contributed by atoms with Gasteiger partial charge >= 0.3 is 6.18 Å². The molecule has 1 unspecified atom stereocenters. The van der Waals surface area contributed by atoms with E-state index in [4.69, 9.17) is 0 Å². The van der Waals surface area contributed by atoms with Crippen molar-refractivity contribution in [1.82, 2.24) is 15.2 Å². The van der Waals surface area contributed by atoms with Gasteiger partial charge in [0.2, 0.25) is 0 Å². The predicted molar refractivity (Wildman–Crippen MR) is 100 cm³/mol. The molecule has 1 amide bonds. The molecule has 0 saturated carbocycles. The SMILES string of the molecule is O=C(NC1CN2CCC1CC2)c1ccc(Sc2cc(C(F)(F)F)ccn2)cc1. The Morgan fingerprint density at radius 1 is 1.14 bits per heavy atom. The third-order valence-electron chi connectivity index (χ3n) is 5.37. The highest BCUT2D eigenvalue weighted by molar-refractivity contribution is 7.99. The van der Waals surface area contributed by atoms with E-state index in [1.807, 2.05) is 0 Å². The lowest BCUT2D eigenvalue weighted by Crippen LogP contribution is -2.57. The largest absolute Gasteiger partial charge is 0.416 e. The van der Waals surface area contributed by atoms with Crippen molar-refractivity contribution in [2.24, 2.45) is 5.92 Å². The van der Waals surface area contributed by atoms with E-state index in [9.17, 15) is 18.0 Å². The minimum absolute atomic E-state index is 0.104. The maximum atomic E-state index is 12.8. The number of carbonyl (C=O) groups is 1. The van der Waals surface area contributed by atoms with Gasteiger partial charge in [0.25, 0.3) is 5.91 Å². The van der Waals surface area contributed by atoms with Crippen molar-refractivity contribution in [2.45, 2.75) is 35.0 Å². The Balaban J connectivity index is 1.39. The van der Waals surface area contributed by atoms with Crippen LogP contribution in [0.4, 0.5) is 13.2 Å². The molecule has 0 aliphatic carbocycles. The Labute approximate surface area is 165 Å². The molecule has 2 aromatic rings. The standard InChI is InChI=1S/C20H20F3N3OS/c21-20(22,23)15-5-8-24-18(11-15)28-16-3-1-14(2-4-16)19(27)25-17-12-26-9-6-13(17)7-10-26/h1-5,8,11,13,17H,6-7,9-10,12H2,(H,25,27). The van der Waals surface area contributed by atoms with Crippen LogP contribution in [-0.4, -0.2) is 41.5 Å². The number of amides is 1. The van der Waals surface area contributed by atoms with Crippen LogP contribution in [0.1, 0.15) is 28.8 Å². The molecular formula is C20H20F3N3OS. The van der Waals surface area contributed by atoms with Gasteiger partial charge in [0.1, 0.15) is 5.03 Å². The quantitative estimate of drug-likeness (QED) is 0.830. The topological polar surface area (TPSA) is 45.2 Å². The van der Waals surface area contributed by atoms with Crippen LogP contribution in [0, 0.1) is 5.92 Å². The van der Waals surface area contributed by atoms with Crippen molar-refractivity contribution in [2.75, 3.05) is 19.6 Å². The number of hydrogen-bond donors (Lipinski definition) is 1. The van der Waals surface area contributed by atoms with Gasteiger partial charge in [-0.3, -0.25) is 4.79 Å². The maximum Gasteiger partial charge on any atom is 0.416 e. The van der Waals surface area contributed by atoms with E-state index >= 15 is 0 Å². The summed E-state index contributed by atoms with van der Waals surface area (Å²) in [6.45, 7) is 3.14. The maximum absolute atomic E-state index is 12.8. The van der Waals surface area contributed by atoms with Crippen LogP contribution in [0.2, 0.25) is 0 Å². The average molecular weight is 407 g/mol. The number of nitrogens with one attached hydrogen (secondary N) is 1. The monoisotopic (exact) mass is 407 g/mol. The number of hydrogen-bond acceptors (Lipinski definition) is 4. The first-order chi connectivity index (χ1) is 13.4. The molecule has 3 fully saturated rings. The fraction of sp³-hybridized carbons (Fsp3) is 0.400. The van der Waals surface area contributed by atoms with Gasteiger partial charge in [-0.1, -0.05) is 11.8 Å². The zero-order valence-electron chi connectivity index (χ0n) is 15.1. The second-order valence-corrected chi connectivity index (χ2v) is 8.32. The van der Waals surface area contributed by atoms with E-state index in [0.717, 1.165) is 67.5 Å². The third kappa shape index (κ3) is 4.33. The smallest absolute Gasteiger partial charge is 0.348 e. The lowest BCUT2D eigenvalue weighted by Gasteiger charge is -2.44. The van der Waals surface area contributed by atoms with E-state index < -0.39 is 11.7 Å². The summed E-state index contributed by atoms with van der Waals surface area (Å²) in [7, 11) is 0. The number of aromatic nitrogens is 1. The summed E-state index contributed by atoms with van der Waals surface area (Å²) in [5.41, 5.74) is -0.170. The molecule has 0 spiro atoms. The van der Waals surface area contributed by atoms with E-state index in [1.54, 1.807) is 24.3 Å². The van der Waals surface area contributed by atoms with Gasteiger partial charge in [0.15, 0.2) is 0 Å². The number of carbonyl (C=O) groups excluding carboxylic acids is 1. The zero-order valence-corrected chi connectivity index (χ0v) is 15.9. The summed E-state index contributed by atoms with van der Waals surface area (Å²) in [6.07, 6.45) is -0.981. The molecule has 2 bridgehead atoms. The lowest BCUT2D eigenvalue weighted by molar-refractivity contribution is -0.137. The highest BCUT2D eigenvalue weighted by atomic mass is 32.2. The Morgan fingerprint density at radius 3 is 2.46 bits per heavy atom. The number of nitrogens with zero attached hydrogens (tertiary/aromatic N) is 2. The third-order valence-corrected chi connectivity index (χ3v) is 6.31. The summed E-state index contributed by atoms with van der Waals surface area (Å²) in [5.74, 6) is 0.447. The number of piperidine rings is 3. The normalized spacial score (nSPS) is 24.2. The van der Waals surface area contributed by atoms with Crippen LogP contribution in [0.3, 0.4) is 0 Å². The van der Waals surface area contributed by atoms with Crippen molar-refractivity contribution in [3.8, 4) is 0 Å². The summed E-state index contributed by atoms with van der Waals surface area (Å²) < 4.78 is 38.4. The van der Waals surface area contributed by atoms with Crippen LogP contribution < -0.4 is 5.32 Å². The molecule has 0 radical (unpaired) electrons. The van der Waals surface area contributed by atoms with E-state index in [0.29, 0.717) is 11.5 Å². The minimum Gasteiger partial charge on any atom is -0.348 e. The molecule has 8 heteroatoms. The number of fused-ring (bicyclic) bond motifs is 3. The fourth-order valence-electron chi connectivity index (χ4n) is 3.82. The Morgan fingerprint density at radius 2 is 1.86 bits per heavy atom. The van der Waals surface area contributed by atoms with Crippen LogP contribution in [0.5, 0.6) is 0 Å². The molecule has 3 saturated heterocycles. The Bertz CT molecular complexity index is 849. The predicted octanol–water partition coefficient (Wildman–Crippen LogP) is 4.08. The molecule has 3 aliphatic heterocycles. The first-order valence-electron chi connectivity index (χ1n) is 9.23. The van der Waals surface area contributed by atoms with E-state index in [-0.39, 0.29) is 17.0 Å². The van der Waals surface area contributed by atoms with Crippen LogP contribution >= 0.6 is 11.8 Å². The summed E-state index contributed by atoms with van der Waals surface area (Å²) in [4.78, 5) is 19.6. The number of benzene rings is 1. The van der Waals surface area contributed by atoms with Gasteiger partial charge < -0.3 is 10.2 Å².